The first-order valence-corrected chi connectivity index (χ1v) is 35.1. The summed E-state index contributed by atoms with van der Waals surface area (Å²) in [6, 6.07) is 108. The molecule has 424 valence electrons. The Morgan fingerprint density at radius 2 is 0.388 bits per heavy atom. The third-order valence-corrected chi connectivity index (χ3v) is 18.8. The zero-order valence-electron chi connectivity index (χ0n) is 48.7. The molecule has 0 unspecified atom stereocenters. The Labute approximate surface area is 548 Å². The second-order valence-corrected chi connectivity index (χ2v) is 24.5. The Bertz CT molecular complexity index is 3720. The minimum atomic E-state index is 0. The molecule has 0 fully saturated rings. The lowest BCUT2D eigenvalue weighted by Crippen LogP contribution is -1.92. The molecule has 0 spiro atoms. The van der Waals surface area contributed by atoms with Crippen molar-refractivity contribution in [3.63, 3.8) is 0 Å². The van der Waals surface area contributed by atoms with Gasteiger partial charge in [-0.1, -0.05) is 231 Å². The standard InChI is InChI=1S/C39H32S3.3C13H12S.HI/c1-40-31-21-17-28(18-22-31)32-13-7-9-15-34(32)35-16-10-8-14-33(35)30-20-24-39(42-3)37(26-30)36-25-29(19-23-38(36)41-2)27-11-5-4-6-12-27;3*1-14-13-9-7-12(8-10-13)11-5-3-2-4-6-11;/h4-26H,1-3H3;3*2-10H,1H3;1H. The molecule has 12 rings (SSSR count). The molecule has 0 aliphatic carbocycles. The molecule has 0 aliphatic rings. The van der Waals surface area contributed by atoms with E-state index in [1.54, 1.807) is 58.8 Å². The lowest BCUT2D eigenvalue weighted by atomic mass is 9.88. The summed E-state index contributed by atoms with van der Waals surface area (Å²) in [5.41, 5.74) is 20.1. The lowest BCUT2D eigenvalue weighted by Gasteiger charge is -2.18. The van der Waals surface area contributed by atoms with Crippen molar-refractivity contribution in [2.75, 3.05) is 37.5 Å². The normalized spacial score (nSPS) is 10.4. The molecule has 0 saturated heterocycles. The van der Waals surface area contributed by atoms with Crippen LogP contribution >= 0.6 is 94.5 Å². The molecule has 0 atom stereocenters. The fourth-order valence-corrected chi connectivity index (χ4v) is 12.6. The second-order valence-electron chi connectivity index (χ2n) is 19.3. The Balaban J connectivity index is 0.000000177. The van der Waals surface area contributed by atoms with Crippen LogP contribution in [0.5, 0.6) is 0 Å². The Morgan fingerprint density at radius 3 is 0.694 bits per heavy atom. The average molecular weight is 1330 g/mol. The molecular formula is C78H69IS6. The second kappa shape index (κ2) is 34.0. The van der Waals surface area contributed by atoms with E-state index in [4.69, 9.17) is 0 Å². The molecule has 0 heterocycles. The van der Waals surface area contributed by atoms with Crippen LogP contribution < -0.4 is 0 Å². The minimum absolute atomic E-state index is 0. The van der Waals surface area contributed by atoms with Gasteiger partial charge in [-0.05, 0) is 199 Å². The fourth-order valence-electron chi connectivity index (χ4n) is 9.77. The van der Waals surface area contributed by atoms with E-state index < -0.39 is 0 Å². The Hall–Kier alpha value is -6.53. The number of thioether (sulfide) groups is 6. The highest BCUT2D eigenvalue weighted by Gasteiger charge is 2.17. The number of rotatable bonds is 14. The highest BCUT2D eigenvalue weighted by Crippen LogP contribution is 2.44. The maximum atomic E-state index is 2.39. The molecule has 12 aromatic rings. The molecule has 7 heteroatoms. The average Bonchev–Trinajstić information content (AvgIpc) is 3.73. The van der Waals surface area contributed by atoms with Crippen molar-refractivity contribution in [3.8, 4) is 89.0 Å². The SMILES string of the molecule is CSc1ccc(-c2ccccc2)cc1.CSc1ccc(-c2ccccc2)cc1.CSc1ccc(-c2ccccc2)cc1.CSc1ccc(-c2ccccc2-c2ccccc2-c2ccc(SC)c(-c3cc(-c4ccccc4)ccc3SC)c2)cc1.I. The van der Waals surface area contributed by atoms with Gasteiger partial charge in [0.2, 0.25) is 0 Å². The highest BCUT2D eigenvalue weighted by molar-refractivity contribution is 14.0. The summed E-state index contributed by atoms with van der Waals surface area (Å²) in [5.74, 6) is 0. The number of hydrogen-bond donors (Lipinski definition) is 0. The van der Waals surface area contributed by atoms with Gasteiger partial charge in [0.25, 0.3) is 0 Å². The maximum absolute atomic E-state index is 2.39. The summed E-state index contributed by atoms with van der Waals surface area (Å²) < 4.78 is 0. The summed E-state index contributed by atoms with van der Waals surface area (Å²) in [6.45, 7) is 0. The third-order valence-electron chi connectivity index (χ3n) is 14.2. The molecule has 0 saturated carbocycles. The van der Waals surface area contributed by atoms with Crippen LogP contribution in [0, 0.1) is 0 Å². The minimum Gasteiger partial charge on any atom is -0.130 e. The van der Waals surface area contributed by atoms with Gasteiger partial charge in [0.15, 0.2) is 0 Å². The molecule has 0 nitrogen and oxygen atoms in total. The van der Waals surface area contributed by atoms with Crippen LogP contribution in [-0.2, 0) is 0 Å². The number of hydrogen-bond acceptors (Lipinski definition) is 6. The van der Waals surface area contributed by atoms with E-state index >= 15 is 0 Å². The van der Waals surface area contributed by atoms with Crippen LogP contribution in [0.2, 0.25) is 0 Å². The van der Waals surface area contributed by atoms with Gasteiger partial charge in [0.1, 0.15) is 0 Å². The van der Waals surface area contributed by atoms with Crippen LogP contribution in [0.1, 0.15) is 0 Å². The van der Waals surface area contributed by atoms with Gasteiger partial charge in [0, 0.05) is 29.4 Å². The first-order valence-electron chi connectivity index (χ1n) is 27.7. The summed E-state index contributed by atoms with van der Waals surface area (Å²) in [4.78, 5) is 7.78. The van der Waals surface area contributed by atoms with Crippen molar-refractivity contribution < 1.29 is 0 Å². The molecule has 0 bridgehead atoms. The summed E-state index contributed by atoms with van der Waals surface area (Å²) in [7, 11) is 0. The van der Waals surface area contributed by atoms with Crippen molar-refractivity contribution in [2.45, 2.75) is 29.4 Å². The fraction of sp³-hybridized carbons (Fsp3) is 0.0769. The first kappa shape index (κ1) is 64.5. The Kier molecular flexibility index (Phi) is 25.8. The van der Waals surface area contributed by atoms with Crippen molar-refractivity contribution in [1.82, 2.24) is 0 Å². The van der Waals surface area contributed by atoms with Crippen molar-refractivity contribution >= 4 is 94.5 Å². The quantitative estimate of drug-likeness (QED) is 0.0780. The van der Waals surface area contributed by atoms with Gasteiger partial charge in [-0.3, -0.25) is 0 Å². The van der Waals surface area contributed by atoms with Crippen molar-refractivity contribution in [2.24, 2.45) is 0 Å². The van der Waals surface area contributed by atoms with Crippen LogP contribution in [-0.4, -0.2) is 37.5 Å². The molecule has 85 heavy (non-hydrogen) atoms. The van der Waals surface area contributed by atoms with Crippen molar-refractivity contribution in [1.29, 1.82) is 0 Å². The molecule has 0 amide bonds. The number of halogens is 1. The maximum Gasteiger partial charge on any atom is 0.0148 e. The van der Waals surface area contributed by atoms with Crippen LogP contribution in [0.15, 0.2) is 333 Å². The van der Waals surface area contributed by atoms with Gasteiger partial charge >= 0.3 is 0 Å². The van der Waals surface area contributed by atoms with Gasteiger partial charge in [-0.15, -0.1) is 94.5 Å². The van der Waals surface area contributed by atoms with Gasteiger partial charge < -0.3 is 0 Å². The smallest absolute Gasteiger partial charge is 0.0148 e. The van der Waals surface area contributed by atoms with Crippen LogP contribution in [0.4, 0.5) is 0 Å². The predicted molar refractivity (Wildman–Crippen MR) is 395 cm³/mol. The largest absolute Gasteiger partial charge is 0.130 e. The molecule has 12 aromatic carbocycles. The molecule has 0 aromatic heterocycles. The van der Waals surface area contributed by atoms with Crippen LogP contribution in [0.3, 0.4) is 0 Å². The van der Waals surface area contributed by atoms with Crippen LogP contribution in [0.25, 0.3) is 89.0 Å². The van der Waals surface area contributed by atoms with E-state index in [9.17, 15) is 0 Å². The van der Waals surface area contributed by atoms with E-state index in [0.29, 0.717) is 0 Å². The first-order chi connectivity index (χ1) is 41.4. The van der Waals surface area contributed by atoms with E-state index in [2.05, 4.69) is 323 Å². The zero-order chi connectivity index (χ0) is 58.3. The summed E-state index contributed by atoms with van der Waals surface area (Å²) in [6.07, 6.45) is 12.7. The van der Waals surface area contributed by atoms with E-state index in [-0.39, 0.29) is 24.0 Å². The monoisotopic (exact) mass is 1320 g/mol. The molecular weight excluding hydrogens is 1260 g/mol. The van der Waals surface area contributed by atoms with Gasteiger partial charge in [-0.2, -0.15) is 0 Å². The molecule has 0 aliphatic heterocycles. The topological polar surface area (TPSA) is 0 Å². The van der Waals surface area contributed by atoms with Gasteiger partial charge in [0.05, 0.1) is 0 Å². The van der Waals surface area contributed by atoms with Gasteiger partial charge in [-0.25, -0.2) is 0 Å². The lowest BCUT2D eigenvalue weighted by molar-refractivity contribution is 1.38. The third kappa shape index (κ3) is 17.8. The van der Waals surface area contributed by atoms with E-state index in [1.165, 1.54) is 118 Å². The summed E-state index contributed by atoms with van der Waals surface area (Å²) >= 11 is 10.7. The highest BCUT2D eigenvalue weighted by atomic mass is 127. The molecule has 0 N–H and O–H groups in total. The molecule has 0 radical (unpaired) electrons. The van der Waals surface area contributed by atoms with E-state index in [0.717, 1.165) is 0 Å². The van der Waals surface area contributed by atoms with Crippen molar-refractivity contribution in [3.05, 3.63) is 303 Å². The summed E-state index contributed by atoms with van der Waals surface area (Å²) in [5, 5.41) is 0. The predicted octanol–water partition coefficient (Wildman–Crippen LogP) is 25.0. The zero-order valence-corrected chi connectivity index (χ0v) is 56.0. The number of benzene rings is 12. The Morgan fingerprint density at radius 1 is 0.165 bits per heavy atom. The van der Waals surface area contributed by atoms with E-state index in [1.807, 2.05) is 30.0 Å².